The summed E-state index contributed by atoms with van der Waals surface area (Å²) in [5, 5.41) is 9.59. The highest BCUT2D eigenvalue weighted by Crippen LogP contribution is 2.10. The van der Waals surface area contributed by atoms with Crippen molar-refractivity contribution in [3.63, 3.8) is 0 Å². The number of nitrogens with zero attached hydrogens (tertiary/aromatic N) is 3. The van der Waals surface area contributed by atoms with Crippen LogP contribution in [0.2, 0.25) is 0 Å². The van der Waals surface area contributed by atoms with E-state index in [2.05, 4.69) is 9.97 Å². The van der Waals surface area contributed by atoms with E-state index in [1.54, 1.807) is 13.3 Å². The van der Waals surface area contributed by atoms with E-state index < -0.39 is 6.10 Å². The zero-order valence-corrected chi connectivity index (χ0v) is 10.3. The van der Waals surface area contributed by atoms with Crippen molar-refractivity contribution in [2.45, 2.75) is 20.0 Å². The van der Waals surface area contributed by atoms with Crippen LogP contribution in [0.1, 0.15) is 11.4 Å². The van der Waals surface area contributed by atoms with Gasteiger partial charge in [-0.25, -0.2) is 4.98 Å². The molecule has 0 radical (unpaired) electrons. The molecule has 0 aromatic carbocycles. The topological polar surface area (TPSA) is 58.5 Å². The van der Waals surface area contributed by atoms with Crippen LogP contribution < -0.4 is 4.90 Å². The Morgan fingerprint density at radius 2 is 2.12 bits per heavy atom. The zero-order valence-electron chi connectivity index (χ0n) is 10.3. The maximum atomic E-state index is 9.59. The molecule has 1 atom stereocenters. The standard InChI is InChI=1S/C11H19N3O2/c1-8-9(2)13-11(5-12-8)14(3)6-10(15)7-16-4/h5,10,15H,6-7H2,1-4H3. The number of aliphatic hydroxyl groups is 1. The second-order valence-electron chi connectivity index (χ2n) is 3.89. The Hall–Kier alpha value is -1.20. The molecule has 1 aromatic rings. The molecule has 0 saturated carbocycles. The second kappa shape index (κ2) is 5.77. The van der Waals surface area contributed by atoms with Gasteiger partial charge in [-0.1, -0.05) is 0 Å². The van der Waals surface area contributed by atoms with Crippen LogP contribution in [0.25, 0.3) is 0 Å². The Balaban J connectivity index is 2.65. The first-order chi connectivity index (χ1) is 7.54. The lowest BCUT2D eigenvalue weighted by atomic mass is 10.3. The molecule has 90 valence electrons. The van der Waals surface area contributed by atoms with Gasteiger partial charge in [0.05, 0.1) is 30.3 Å². The lowest BCUT2D eigenvalue weighted by Crippen LogP contribution is -2.32. The summed E-state index contributed by atoms with van der Waals surface area (Å²) < 4.78 is 4.87. The Morgan fingerprint density at radius 3 is 2.69 bits per heavy atom. The fourth-order valence-corrected chi connectivity index (χ4v) is 1.37. The number of aryl methyl sites for hydroxylation is 2. The Morgan fingerprint density at radius 1 is 1.44 bits per heavy atom. The average Bonchev–Trinajstić information content (AvgIpc) is 2.22. The Labute approximate surface area is 96.1 Å². The Bertz CT molecular complexity index is 344. The summed E-state index contributed by atoms with van der Waals surface area (Å²) in [6.45, 7) is 4.64. The van der Waals surface area contributed by atoms with Gasteiger partial charge in [0.2, 0.25) is 0 Å². The zero-order chi connectivity index (χ0) is 12.1. The van der Waals surface area contributed by atoms with Crippen molar-refractivity contribution in [3.05, 3.63) is 17.6 Å². The third-order valence-corrected chi connectivity index (χ3v) is 2.41. The minimum Gasteiger partial charge on any atom is -0.389 e. The number of aromatic nitrogens is 2. The molecule has 16 heavy (non-hydrogen) atoms. The molecule has 1 unspecified atom stereocenters. The van der Waals surface area contributed by atoms with Gasteiger partial charge in [0.15, 0.2) is 0 Å². The molecule has 0 spiro atoms. The Kier molecular flexibility index (Phi) is 4.64. The third-order valence-electron chi connectivity index (χ3n) is 2.41. The number of likely N-dealkylation sites (N-methyl/N-ethyl adjacent to an activating group) is 1. The van der Waals surface area contributed by atoms with E-state index in [0.29, 0.717) is 13.2 Å². The van der Waals surface area contributed by atoms with Crippen molar-refractivity contribution < 1.29 is 9.84 Å². The predicted molar refractivity (Wildman–Crippen MR) is 62.7 cm³/mol. The summed E-state index contributed by atoms with van der Waals surface area (Å²) in [7, 11) is 3.44. The van der Waals surface area contributed by atoms with Crippen LogP contribution in [0.15, 0.2) is 6.20 Å². The lowest BCUT2D eigenvalue weighted by Gasteiger charge is -2.21. The van der Waals surface area contributed by atoms with Gasteiger partial charge in [-0.15, -0.1) is 0 Å². The number of methoxy groups -OCH3 is 1. The molecule has 0 bridgehead atoms. The molecular formula is C11H19N3O2. The first kappa shape index (κ1) is 12.9. The van der Waals surface area contributed by atoms with Gasteiger partial charge in [-0.3, -0.25) is 4.98 Å². The van der Waals surface area contributed by atoms with Crippen LogP contribution in [-0.2, 0) is 4.74 Å². The van der Waals surface area contributed by atoms with Crippen LogP contribution in [0.3, 0.4) is 0 Å². The molecule has 0 saturated heterocycles. The van der Waals surface area contributed by atoms with Crippen LogP contribution in [0, 0.1) is 13.8 Å². The van der Waals surface area contributed by atoms with Crippen molar-refractivity contribution in [1.82, 2.24) is 9.97 Å². The summed E-state index contributed by atoms with van der Waals surface area (Å²) in [4.78, 5) is 10.5. The number of rotatable bonds is 5. The molecule has 1 N–H and O–H groups in total. The van der Waals surface area contributed by atoms with E-state index >= 15 is 0 Å². The second-order valence-corrected chi connectivity index (χ2v) is 3.89. The molecule has 0 aliphatic carbocycles. The van der Waals surface area contributed by atoms with E-state index in [-0.39, 0.29) is 0 Å². The van der Waals surface area contributed by atoms with E-state index in [0.717, 1.165) is 17.2 Å². The number of hydrogen-bond acceptors (Lipinski definition) is 5. The van der Waals surface area contributed by atoms with Gasteiger partial charge < -0.3 is 14.7 Å². The minimum atomic E-state index is -0.515. The quantitative estimate of drug-likeness (QED) is 0.792. The molecule has 0 fully saturated rings. The van der Waals surface area contributed by atoms with E-state index in [1.807, 2.05) is 25.8 Å². The van der Waals surface area contributed by atoms with Crippen LogP contribution in [0.5, 0.6) is 0 Å². The number of anilines is 1. The van der Waals surface area contributed by atoms with E-state index in [9.17, 15) is 5.11 Å². The van der Waals surface area contributed by atoms with Crippen LogP contribution in [-0.4, -0.2) is 48.5 Å². The van der Waals surface area contributed by atoms with Crippen LogP contribution >= 0.6 is 0 Å². The molecule has 5 nitrogen and oxygen atoms in total. The molecule has 5 heteroatoms. The largest absolute Gasteiger partial charge is 0.389 e. The summed E-state index contributed by atoms with van der Waals surface area (Å²) >= 11 is 0. The maximum absolute atomic E-state index is 9.59. The number of aliphatic hydroxyl groups excluding tert-OH is 1. The van der Waals surface area contributed by atoms with Crippen LogP contribution in [0.4, 0.5) is 5.82 Å². The van der Waals surface area contributed by atoms with Gasteiger partial charge >= 0.3 is 0 Å². The van der Waals surface area contributed by atoms with Crippen molar-refractivity contribution >= 4 is 5.82 Å². The third kappa shape index (κ3) is 3.43. The molecule has 0 aliphatic heterocycles. The van der Waals surface area contributed by atoms with E-state index in [1.165, 1.54) is 0 Å². The fraction of sp³-hybridized carbons (Fsp3) is 0.636. The monoisotopic (exact) mass is 225 g/mol. The van der Waals surface area contributed by atoms with Gasteiger partial charge in [-0.2, -0.15) is 0 Å². The fourth-order valence-electron chi connectivity index (χ4n) is 1.37. The first-order valence-electron chi connectivity index (χ1n) is 5.23. The average molecular weight is 225 g/mol. The highest BCUT2D eigenvalue weighted by Gasteiger charge is 2.10. The van der Waals surface area contributed by atoms with Crippen molar-refractivity contribution in [3.8, 4) is 0 Å². The molecule has 1 aromatic heterocycles. The predicted octanol–water partition coefficient (Wildman–Crippen LogP) is 0.537. The summed E-state index contributed by atoms with van der Waals surface area (Å²) in [6, 6.07) is 0. The van der Waals surface area contributed by atoms with Crippen molar-refractivity contribution in [2.24, 2.45) is 0 Å². The highest BCUT2D eigenvalue weighted by atomic mass is 16.5. The SMILES string of the molecule is COCC(O)CN(C)c1cnc(C)c(C)n1. The summed E-state index contributed by atoms with van der Waals surface area (Å²) in [5.74, 6) is 0.762. The molecular weight excluding hydrogens is 206 g/mol. The first-order valence-corrected chi connectivity index (χ1v) is 5.23. The maximum Gasteiger partial charge on any atom is 0.147 e. The number of ether oxygens (including phenoxy) is 1. The summed E-state index contributed by atoms with van der Waals surface area (Å²) in [6.07, 6.45) is 1.19. The highest BCUT2D eigenvalue weighted by molar-refractivity contribution is 5.36. The van der Waals surface area contributed by atoms with Gasteiger partial charge in [0.25, 0.3) is 0 Å². The normalized spacial score (nSPS) is 12.6. The van der Waals surface area contributed by atoms with Crippen molar-refractivity contribution in [1.29, 1.82) is 0 Å². The number of hydrogen-bond donors (Lipinski definition) is 1. The molecule has 0 amide bonds. The lowest BCUT2D eigenvalue weighted by molar-refractivity contribution is 0.0694. The molecule has 1 rings (SSSR count). The van der Waals surface area contributed by atoms with Crippen molar-refractivity contribution in [2.75, 3.05) is 32.2 Å². The van der Waals surface area contributed by atoms with E-state index in [4.69, 9.17) is 4.74 Å². The smallest absolute Gasteiger partial charge is 0.147 e. The van der Waals surface area contributed by atoms with Gasteiger partial charge in [-0.05, 0) is 13.8 Å². The molecule has 1 heterocycles. The minimum absolute atomic E-state index is 0.322. The van der Waals surface area contributed by atoms with Gasteiger partial charge in [0.1, 0.15) is 5.82 Å². The molecule has 0 aliphatic rings. The van der Waals surface area contributed by atoms with Gasteiger partial charge in [0, 0.05) is 20.7 Å². The summed E-state index contributed by atoms with van der Waals surface area (Å²) in [5.41, 5.74) is 1.83.